The minimum Gasteiger partial charge on any atom is -0.494 e. The minimum atomic E-state index is -0.255. The predicted octanol–water partition coefficient (Wildman–Crippen LogP) is 2.74. The zero-order valence-corrected chi connectivity index (χ0v) is 12.0. The third kappa shape index (κ3) is 1.71. The predicted molar refractivity (Wildman–Crippen MR) is 80.2 cm³/mol. The number of carbonyl (C=O) groups is 1. The highest BCUT2D eigenvalue weighted by Crippen LogP contribution is 2.34. The fourth-order valence-electron chi connectivity index (χ4n) is 2.39. The van der Waals surface area contributed by atoms with E-state index in [2.05, 4.69) is 35.9 Å². The fraction of sp³-hybridized carbons (Fsp3) is 0. The molecule has 0 saturated carbocycles. The topological polar surface area (TPSA) is 91.2 Å². The summed E-state index contributed by atoms with van der Waals surface area (Å²) < 4.78 is 0.747. The van der Waals surface area contributed by atoms with Crippen molar-refractivity contribution < 1.29 is 9.90 Å². The Hall–Kier alpha value is -2.54. The second kappa shape index (κ2) is 4.23. The van der Waals surface area contributed by atoms with E-state index >= 15 is 0 Å². The van der Waals surface area contributed by atoms with Crippen LogP contribution in [0.15, 0.2) is 40.1 Å². The standard InChI is InChI=1S/C14H7BrN4O2/c15-6-4-8-9(14(21)19-13(8)17-5-6)10-11(20)7-2-1-3-16-12(7)18-10/h1-5,21H,(H,17,19). The molecular weight excluding hydrogens is 336 g/mol. The van der Waals surface area contributed by atoms with Crippen molar-refractivity contribution >= 4 is 44.3 Å². The van der Waals surface area contributed by atoms with Crippen LogP contribution in [0.1, 0.15) is 15.9 Å². The lowest BCUT2D eigenvalue weighted by atomic mass is 10.0. The zero-order chi connectivity index (χ0) is 14.6. The van der Waals surface area contributed by atoms with Crippen LogP contribution in [0.2, 0.25) is 0 Å². The van der Waals surface area contributed by atoms with E-state index in [-0.39, 0.29) is 17.4 Å². The quantitative estimate of drug-likeness (QED) is 0.711. The number of fused-ring (bicyclic) bond motifs is 2. The summed E-state index contributed by atoms with van der Waals surface area (Å²) in [5.74, 6) is -0.0148. The highest BCUT2D eigenvalue weighted by molar-refractivity contribution is 9.10. The fourth-order valence-corrected chi connectivity index (χ4v) is 2.72. The molecule has 21 heavy (non-hydrogen) atoms. The van der Waals surface area contributed by atoms with Crippen LogP contribution in [0.25, 0.3) is 11.0 Å². The van der Waals surface area contributed by atoms with Gasteiger partial charge in [-0.05, 0) is 34.1 Å². The molecule has 4 rings (SSSR count). The maximum atomic E-state index is 12.4. The van der Waals surface area contributed by atoms with Crippen LogP contribution in [0.5, 0.6) is 5.88 Å². The number of halogens is 1. The number of carbonyl (C=O) groups excluding carboxylic acids is 1. The Kier molecular flexibility index (Phi) is 2.46. The largest absolute Gasteiger partial charge is 0.494 e. The smallest absolute Gasteiger partial charge is 0.216 e. The maximum Gasteiger partial charge on any atom is 0.216 e. The molecule has 1 aliphatic heterocycles. The second-order valence-electron chi connectivity index (χ2n) is 4.56. The van der Waals surface area contributed by atoms with E-state index in [1.54, 1.807) is 30.6 Å². The van der Waals surface area contributed by atoms with E-state index in [9.17, 15) is 9.90 Å². The third-order valence-corrected chi connectivity index (χ3v) is 3.73. The van der Waals surface area contributed by atoms with Crippen LogP contribution in [-0.4, -0.2) is 31.6 Å². The molecule has 102 valence electrons. The van der Waals surface area contributed by atoms with Crippen molar-refractivity contribution in [2.24, 2.45) is 4.99 Å². The molecule has 0 bridgehead atoms. The molecule has 3 aromatic rings. The summed E-state index contributed by atoms with van der Waals surface area (Å²) in [6.45, 7) is 0. The zero-order valence-electron chi connectivity index (χ0n) is 10.5. The molecule has 3 aromatic heterocycles. The summed E-state index contributed by atoms with van der Waals surface area (Å²) in [7, 11) is 0. The number of Topliss-reactive ketones (excluding diaryl/α,β-unsaturated/α-hetero) is 1. The number of nitrogens with zero attached hydrogens (tertiary/aromatic N) is 3. The van der Waals surface area contributed by atoms with Crippen molar-refractivity contribution in [2.45, 2.75) is 0 Å². The van der Waals surface area contributed by atoms with Crippen molar-refractivity contribution in [1.29, 1.82) is 0 Å². The first-order valence-corrected chi connectivity index (χ1v) is 6.89. The third-order valence-electron chi connectivity index (χ3n) is 3.30. The summed E-state index contributed by atoms with van der Waals surface area (Å²) in [6.07, 6.45) is 3.18. The lowest BCUT2D eigenvalue weighted by Gasteiger charge is -1.98. The van der Waals surface area contributed by atoms with Gasteiger partial charge in [-0.25, -0.2) is 15.0 Å². The van der Waals surface area contributed by atoms with Gasteiger partial charge in [0.25, 0.3) is 0 Å². The highest BCUT2D eigenvalue weighted by Gasteiger charge is 2.30. The van der Waals surface area contributed by atoms with E-state index in [1.165, 1.54) is 0 Å². The maximum absolute atomic E-state index is 12.4. The summed E-state index contributed by atoms with van der Waals surface area (Å²) in [4.78, 5) is 27.7. The molecule has 0 amide bonds. The molecule has 0 aliphatic carbocycles. The number of H-pyrrole nitrogens is 1. The Labute approximate surface area is 126 Å². The van der Waals surface area contributed by atoms with Crippen molar-refractivity contribution in [3.8, 4) is 5.88 Å². The van der Waals surface area contributed by atoms with E-state index in [0.29, 0.717) is 28.0 Å². The SMILES string of the molecule is O=C1C(c2c(O)[nH]c3ncc(Br)cc23)=Nc2ncccc21. The van der Waals surface area contributed by atoms with Gasteiger partial charge in [0.15, 0.2) is 11.7 Å². The molecule has 0 unspecified atom stereocenters. The van der Waals surface area contributed by atoms with E-state index in [1.807, 2.05) is 0 Å². The van der Waals surface area contributed by atoms with Crippen LogP contribution in [-0.2, 0) is 0 Å². The van der Waals surface area contributed by atoms with Gasteiger partial charge in [-0.1, -0.05) is 0 Å². The number of aromatic amines is 1. The second-order valence-corrected chi connectivity index (χ2v) is 5.48. The molecule has 0 aromatic carbocycles. The number of aromatic hydroxyl groups is 1. The Morgan fingerprint density at radius 1 is 1.29 bits per heavy atom. The van der Waals surface area contributed by atoms with Crippen LogP contribution < -0.4 is 0 Å². The summed E-state index contributed by atoms with van der Waals surface area (Å²) in [5, 5.41) is 10.7. The molecule has 6 nitrogen and oxygen atoms in total. The molecule has 0 saturated heterocycles. The van der Waals surface area contributed by atoms with Gasteiger partial charge in [-0.15, -0.1) is 0 Å². The molecule has 0 fully saturated rings. The van der Waals surface area contributed by atoms with Gasteiger partial charge in [0.2, 0.25) is 5.78 Å². The van der Waals surface area contributed by atoms with Gasteiger partial charge in [0.05, 0.1) is 11.1 Å². The van der Waals surface area contributed by atoms with Crippen LogP contribution in [0, 0.1) is 0 Å². The van der Waals surface area contributed by atoms with Crippen LogP contribution in [0.4, 0.5) is 5.82 Å². The average Bonchev–Trinajstić information content (AvgIpc) is 2.96. The minimum absolute atomic E-state index is 0.129. The van der Waals surface area contributed by atoms with Crippen molar-refractivity contribution in [3.05, 3.63) is 46.2 Å². The van der Waals surface area contributed by atoms with Gasteiger partial charge >= 0.3 is 0 Å². The van der Waals surface area contributed by atoms with Gasteiger partial charge in [-0.3, -0.25) is 4.79 Å². The Morgan fingerprint density at radius 3 is 2.95 bits per heavy atom. The number of hydrogen-bond donors (Lipinski definition) is 2. The Bertz CT molecular complexity index is 945. The Balaban J connectivity index is 1.99. The van der Waals surface area contributed by atoms with Crippen LogP contribution >= 0.6 is 15.9 Å². The number of aliphatic imine (C=N–C) groups is 1. The highest BCUT2D eigenvalue weighted by atomic mass is 79.9. The van der Waals surface area contributed by atoms with Gasteiger partial charge in [0, 0.05) is 22.3 Å². The first-order chi connectivity index (χ1) is 10.1. The number of aromatic nitrogens is 3. The first kappa shape index (κ1) is 12.2. The molecule has 0 atom stereocenters. The number of rotatable bonds is 1. The molecule has 0 radical (unpaired) electrons. The summed E-state index contributed by atoms with van der Waals surface area (Å²) in [6, 6.07) is 5.13. The normalized spacial score (nSPS) is 13.6. The summed E-state index contributed by atoms with van der Waals surface area (Å²) >= 11 is 3.33. The first-order valence-electron chi connectivity index (χ1n) is 6.10. The lowest BCUT2D eigenvalue weighted by Crippen LogP contribution is -2.10. The van der Waals surface area contributed by atoms with Crippen LogP contribution in [0.3, 0.4) is 0 Å². The number of ketones is 1. The van der Waals surface area contributed by atoms with Crippen molar-refractivity contribution in [1.82, 2.24) is 15.0 Å². The van der Waals surface area contributed by atoms with Gasteiger partial charge < -0.3 is 10.1 Å². The molecule has 7 heteroatoms. The molecule has 2 N–H and O–H groups in total. The van der Waals surface area contributed by atoms with E-state index in [0.717, 1.165) is 4.47 Å². The van der Waals surface area contributed by atoms with Gasteiger partial charge in [0.1, 0.15) is 11.4 Å². The van der Waals surface area contributed by atoms with Crippen molar-refractivity contribution in [2.75, 3.05) is 0 Å². The van der Waals surface area contributed by atoms with Crippen molar-refractivity contribution in [3.63, 3.8) is 0 Å². The molecule has 0 spiro atoms. The van der Waals surface area contributed by atoms with Gasteiger partial charge in [-0.2, -0.15) is 0 Å². The molecule has 1 aliphatic rings. The monoisotopic (exact) mass is 342 g/mol. The number of pyridine rings is 2. The average molecular weight is 343 g/mol. The van der Waals surface area contributed by atoms with E-state index in [4.69, 9.17) is 0 Å². The number of nitrogens with one attached hydrogen (secondary N) is 1. The Morgan fingerprint density at radius 2 is 2.14 bits per heavy atom. The van der Waals surface area contributed by atoms with E-state index < -0.39 is 0 Å². The molecule has 4 heterocycles. The number of hydrogen-bond acceptors (Lipinski definition) is 5. The summed E-state index contributed by atoms with van der Waals surface area (Å²) in [5.41, 5.74) is 1.45. The molecular formula is C14H7BrN4O2. The lowest BCUT2D eigenvalue weighted by molar-refractivity contribution is 0.107.